The molecule has 27 heavy (non-hydrogen) atoms. The van der Waals surface area contributed by atoms with Gasteiger partial charge in [-0.3, -0.25) is 0 Å². The van der Waals surface area contributed by atoms with Gasteiger partial charge in [-0.25, -0.2) is 0 Å². The molecule has 1 atom stereocenters. The normalized spacial score (nSPS) is 16.3. The second kappa shape index (κ2) is 7.95. The third-order valence-electron chi connectivity index (χ3n) is 5.38. The van der Waals surface area contributed by atoms with Crippen LogP contribution in [0.5, 0.6) is 0 Å². The first-order chi connectivity index (χ1) is 12.2. The van der Waals surface area contributed by atoms with E-state index in [2.05, 4.69) is 84.6 Å². The summed E-state index contributed by atoms with van der Waals surface area (Å²) < 4.78 is 0.655. The molecule has 0 aromatic heterocycles. The first kappa shape index (κ1) is 20.4. The fourth-order valence-electron chi connectivity index (χ4n) is 4.10. The summed E-state index contributed by atoms with van der Waals surface area (Å²) in [4.78, 5) is 2.50. The van der Waals surface area contributed by atoms with Crippen LogP contribution in [0.3, 0.4) is 0 Å². The first-order valence-corrected chi connectivity index (χ1v) is 10.8. The van der Waals surface area contributed by atoms with Gasteiger partial charge in [-0.15, -0.1) is 0 Å². The van der Waals surface area contributed by atoms with Crippen LogP contribution in [-0.4, -0.2) is 0 Å². The number of halogens is 2. The maximum atomic E-state index is 2.50. The molecule has 0 radical (unpaired) electrons. The Bertz CT molecular complexity index is 1030. The van der Waals surface area contributed by atoms with Crippen molar-refractivity contribution >= 4 is 17.5 Å². The average molecular weight is 558 g/mol. The van der Waals surface area contributed by atoms with Gasteiger partial charge in [0.25, 0.3) is 0 Å². The largest absolute Gasteiger partial charge is 1.00 e. The number of anilines is 2. The number of allylic oxidation sites excluding steroid dienone is 1. The van der Waals surface area contributed by atoms with E-state index in [1.165, 1.54) is 69.1 Å². The quantitative estimate of drug-likeness (QED) is 0.382. The molecule has 3 aromatic carbocycles. The Morgan fingerprint density at radius 1 is 0.815 bits per heavy atom. The number of rotatable bonds is 1. The zero-order valence-corrected chi connectivity index (χ0v) is 20.0. The van der Waals surface area contributed by atoms with Crippen molar-refractivity contribution in [3.63, 3.8) is 0 Å². The summed E-state index contributed by atoms with van der Waals surface area (Å²) in [5.41, 5.74) is 11.2. The minimum Gasteiger partial charge on any atom is -1.00 e. The van der Waals surface area contributed by atoms with E-state index in [4.69, 9.17) is 0 Å². The number of hydrogen-bond donors (Lipinski definition) is 0. The van der Waals surface area contributed by atoms with Gasteiger partial charge in [0.15, 0.2) is 0 Å². The van der Waals surface area contributed by atoms with E-state index in [1.54, 1.807) is 0 Å². The molecule has 0 bridgehead atoms. The number of hydrogen-bond acceptors (Lipinski definition) is 1. The topological polar surface area (TPSA) is 3.24 Å². The Morgan fingerprint density at radius 3 is 2.30 bits per heavy atom. The molecular weight excluding hydrogens is 540 g/mol. The number of nitrogens with zero attached hydrogens (tertiary/aromatic N) is 1. The van der Waals surface area contributed by atoms with Gasteiger partial charge in [0.1, 0.15) is 0 Å². The van der Waals surface area contributed by atoms with E-state index in [0.29, 0.717) is 3.67 Å². The summed E-state index contributed by atoms with van der Waals surface area (Å²) in [6.45, 7) is 3.21. The van der Waals surface area contributed by atoms with Gasteiger partial charge in [-0.2, -0.15) is 0 Å². The molecule has 3 aromatic rings. The van der Waals surface area contributed by atoms with E-state index in [0.717, 1.165) is 6.54 Å². The van der Waals surface area contributed by atoms with Crippen molar-refractivity contribution in [2.24, 2.45) is 0 Å². The molecule has 0 fully saturated rings. The van der Waals surface area contributed by atoms with Crippen LogP contribution in [0.1, 0.15) is 27.3 Å². The summed E-state index contributed by atoms with van der Waals surface area (Å²) in [5.74, 6) is 0. The zero-order valence-electron chi connectivity index (χ0n) is 14.9. The van der Waals surface area contributed by atoms with E-state index in [9.17, 15) is 0 Å². The van der Waals surface area contributed by atoms with Gasteiger partial charge < -0.3 is 24.8 Å². The molecular formula is C23H18Cl2HfN. The van der Waals surface area contributed by atoms with Crippen LogP contribution < -0.4 is 29.7 Å². The van der Waals surface area contributed by atoms with E-state index >= 15 is 0 Å². The third kappa shape index (κ3) is 3.22. The molecule has 0 spiro atoms. The van der Waals surface area contributed by atoms with Crippen molar-refractivity contribution in [2.75, 3.05) is 4.90 Å². The minimum absolute atomic E-state index is 0. The molecule has 1 unspecified atom stereocenters. The molecule has 0 amide bonds. The van der Waals surface area contributed by atoms with E-state index < -0.39 is 0 Å². The van der Waals surface area contributed by atoms with Crippen LogP contribution in [0.2, 0.25) is 0 Å². The summed E-state index contributed by atoms with van der Waals surface area (Å²) in [7, 11) is 0. The van der Waals surface area contributed by atoms with E-state index in [-0.39, 0.29) is 24.8 Å². The summed E-state index contributed by atoms with van der Waals surface area (Å²) in [6, 6.07) is 24.4. The van der Waals surface area contributed by atoms with Crippen LogP contribution in [0.25, 0.3) is 17.2 Å². The minimum atomic E-state index is 0. The molecule has 0 saturated carbocycles. The van der Waals surface area contributed by atoms with Crippen LogP contribution in [0.15, 0.2) is 72.3 Å². The Labute approximate surface area is 187 Å². The van der Waals surface area contributed by atoms with Gasteiger partial charge in [0.2, 0.25) is 0 Å². The van der Waals surface area contributed by atoms with Crippen molar-refractivity contribution in [3.05, 3.63) is 89.0 Å². The number of para-hydroxylation sites is 1. The molecule has 0 saturated heterocycles. The molecule has 1 aliphatic heterocycles. The Balaban J connectivity index is 0.00000105. The Morgan fingerprint density at radius 2 is 1.48 bits per heavy atom. The Hall–Kier alpha value is -1.35. The monoisotopic (exact) mass is 558 g/mol. The van der Waals surface area contributed by atoms with Crippen molar-refractivity contribution in [1.82, 2.24) is 0 Å². The summed E-state index contributed by atoms with van der Waals surface area (Å²) in [6.07, 6.45) is 2.41. The fourth-order valence-corrected chi connectivity index (χ4v) is 5.30. The molecule has 1 aliphatic carbocycles. The summed E-state index contributed by atoms with van der Waals surface area (Å²) >= 11 is 1.18. The second-order valence-electron chi connectivity index (χ2n) is 6.86. The van der Waals surface area contributed by atoms with Crippen molar-refractivity contribution in [2.45, 2.75) is 17.1 Å². The van der Waals surface area contributed by atoms with Gasteiger partial charge in [-0.05, 0) is 0 Å². The Kier molecular flexibility index (Phi) is 6.00. The molecule has 2 aliphatic rings. The maximum absolute atomic E-state index is 2.50. The van der Waals surface area contributed by atoms with Crippen LogP contribution in [0.4, 0.5) is 11.4 Å². The predicted octanol–water partition coefficient (Wildman–Crippen LogP) is 0.0181. The molecule has 4 heteroatoms. The number of benzene rings is 3. The zero-order chi connectivity index (χ0) is 17.0. The average Bonchev–Trinajstić information content (AvgIpc) is 2.95. The van der Waals surface area contributed by atoms with Crippen LogP contribution in [-0.2, 0) is 30.9 Å². The molecule has 1 heterocycles. The first-order valence-electron chi connectivity index (χ1n) is 8.71. The third-order valence-corrected chi connectivity index (χ3v) is 8.13. The maximum Gasteiger partial charge on any atom is -1.00 e. The van der Waals surface area contributed by atoms with Gasteiger partial charge in [0, 0.05) is 0 Å². The SMILES string of the molecule is CC1=Cc2c(cccc2N2Cc3ccccc3-c3ccccc32)[CH]1[Hf+2].[Cl-].[Cl-]. The van der Waals surface area contributed by atoms with Gasteiger partial charge >= 0.3 is 164 Å². The number of fused-ring (bicyclic) bond motifs is 4. The predicted molar refractivity (Wildman–Crippen MR) is 101 cm³/mol. The second-order valence-corrected chi connectivity index (χ2v) is 8.94. The van der Waals surface area contributed by atoms with Crippen molar-refractivity contribution in [3.8, 4) is 11.1 Å². The van der Waals surface area contributed by atoms with Gasteiger partial charge in [-0.1, -0.05) is 0 Å². The smallest absolute Gasteiger partial charge is 1.00 e. The van der Waals surface area contributed by atoms with Crippen molar-refractivity contribution < 1.29 is 49.2 Å². The van der Waals surface area contributed by atoms with Crippen LogP contribution >= 0.6 is 0 Å². The van der Waals surface area contributed by atoms with E-state index in [1.807, 2.05) is 0 Å². The van der Waals surface area contributed by atoms with Gasteiger partial charge in [0.05, 0.1) is 0 Å². The molecule has 5 rings (SSSR count). The molecule has 1 nitrogen and oxygen atoms in total. The van der Waals surface area contributed by atoms with Crippen LogP contribution in [0, 0.1) is 0 Å². The molecule has 0 N–H and O–H groups in total. The molecule has 133 valence electrons. The standard InChI is InChI=1S/C23H18N.2ClH.Hf/c1-16-13-17-8-6-12-23(21(17)14-16)24-15-18-7-2-3-9-19(18)20-10-4-5-11-22(20)24;;;/h2-14H,15H2,1H3;2*1H;/q;;;+2/p-2. The fraction of sp³-hybridized carbons (Fsp3) is 0.130. The van der Waals surface area contributed by atoms with Crippen molar-refractivity contribution in [1.29, 1.82) is 0 Å². The summed E-state index contributed by atoms with van der Waals surface area (Å²) in [5, 5.41) is 0.